The molecule has 26 heavy (non-hydrogen) atoms. The minimum atomic E-state index is 0.00921. The molecule has 0 saturated heterocycles. The van der Waals surface area contributed by atoms with Gasteiger partial charge in [-0.15, -0.1) is 0 Å². The van der Waals surface area contributed by atoms with Gasteiger partial charge < -0.3 is 4.74 Å². The number of allylic oxidation sites excluding steroid dienone is 3. The Morgan fingerprint density at radius 1 is 1.19 bits per heavy atom. The summed E-state index contributed by atoms with van der Waals surface area (Å²) < 4.78 is 6.82. The molecule has 0 aromatic carbocycles. The summed E-state index contributed by atoms with van der Waals surface area (Å²) in [6.45, 7) is 2.27. The Bertz CT molecular complexity index is 560. The second-order valence-electron chi connectivity index (χ2n) is 8.10. The van der Waals surface area contributed by atoms with Crippen molar-refractivity contribution >= 4 is 0 Å². The van der Waals surface area contributed by atoms with E-state index in [9.17, 15) is 0 Å². The predicted octanol–water partition coefficient (Wildman–Crippen LogP) is 5.54. The van der Waals surface area contributed by atoms with Gasteiger partial charge in [0.2, 0.25) is 0 Å². The lowest BCUT2D eigenvalue weighted by atomic mass is 9.71. The van der Waals surface area contributed by atoms with Crippen LogP contribution in [-0.4, -0.2) is 27.6 Å². The van der Waals surface area contributed by atoms with Crippen molar-refractivity contribution in [2.45, 2.75) is 96.2 Å². The lowest BCUT2D eigenvalue weighted by Gasteiger charge is -2.41. The standard InChI is InChI=1S/C22H35N3O/c1-2-3-4-9-14-21(26-20-12-7-5-8-13-20)22(15-10-6-11-16-22)17-19-18-23-25-24-19/h6,10-11,15,18,20-21H,2-5,7-9,12-14,16-17H2,1H3,(H,23,24,25). The molecule has 0 bridgehead atoms. The van der Waals surface area contributed by atoms with Crippen molar-refractivity contribution < 1.29 is 4.74 Å². The quantitative estimate of drug-likeness (QED) is 0.559. The van der Waals surface area contributed by atoms with Gasteiger partial charge in [-0.05, 0) is 25.7 Å². The van der Waals surface area contributed by atoms with E-state index in [1.807, 2.05) is 6.20 Å². The van der Waals surface area contributed by atoms with E-state index in [1.54, 1.807) is 0 Å². The van der Waals surface area contributed by atoms with Crippen LogP contribution in [0, 0.1) is 5.41 Å². The molecule has 144 valence electrons. The maximum atomic E-state index is 6.82. The number of nitrogens with one attached hydrogen (secondary N) is 1. The monoisotopic (exact) mass is 357 g/mol. The first kappa shape index (κ1) is 19.3. The first-order valence-electron chi connectivity index (χ1n) is 10.7. The summed E-state index contributed by atoms with van der Waals surface area (Å²) in [5.41, 5.74) is 1.05. The third kappa shape index (κ3) is 5.29. The molecule has 3 rings (SSSR count). The Kier molecular flexibility index (Phi) is 7.48. The second kappa shape index (κ2) is 10.1. The average molecular weight is 358 g/mol. The van der Waals surface area contributed by atoms with E-state index in [1.165, 1.54) is 57.8 Å². The SMILES string of the molecule is CCCCCCC(OC1CCCCC1)C1(Cc2cn[nH]n2)C=CC=CC1. The van der Waals surface area contributed by atoms with Crippen LogP contribution in [0.25, 0.3) is 0 Å². The van der Waals surface area contributed by atoms with E-state index >= 15 is 0 Å². The molecule has 1 aromatic rings. The van der Waals surface area contributed by atoms with Crippen molar-refractivity contribution in [1.29, 1.82) is 0 Å². The molecule has 0 radical (unpaired) electrons. The number of nitrogens with zero attached hydrogens (tertiary/aromatic N) is 2. The van der Waals surface area contributed by atoms with Crippen LogP contribution in [0.4, 0.5) is 0 Å². The smallest absolute Gasteiger partial charge is 0.0834 e. The Labute approximate surface area is 158 Å². The Hall–Kier alpha value is -1.42. The zero-order valence-electron chi connectivity index (χ0n) is 16.3. The molecule has 1 aromatic heterocycles. The molecule has 1 N–H and O–H groups in total. The number of rotatable bonds is 10. The Balaban J connectivity index is 1.74. The second-order valence-corrected chi connectivity index (χ2v) is 8.10. The van der Waals surface area contributed by atoms with Crippen molar-refractivity contribution in [3.05, 3.63) is 36.2 Å². The number of ether oxygens (including phenoxy) is 1. The fourth-order valence-corrected chi connectivity index (χ4v) is 4.49. The van der Waals surface area contributed by atoms with Gasteiger partial charge in [-0.1, -0.05) is 76.2 Å². The van der Waals surface area contributed by atoms with Gasteiger partial charge in [0.1, 0.15) is 0 Å². The summed E-state index contributed by atoms with van der Waals surface area (Å²) in [4.78, 5) is 0. The summed E-state index contributed by atoms with van der Waals surface area (Å²) in [7, 11) is 0. The Morgan fingerprint density at radius 2 is 2.08 bits per heavy atom. The minimum Gasteiger partial charge on any atom is -0.374 e. The van der Waals surface area contributed by atoms with Crippen molar-refractivity contribution in [2.75, 3.05) is 0 Å². The predicted molar refractivity (Wildman–Crippen MR) is 106 cm³/mol. The highest BCUT2D eigenvalue weighted by molar-refractivity contribution is 5.21. The molecule has 1 fully saturated rings. The maximum Gasteiger partial charge on any atom is 0.0834 e. The Morgan fingerprint density at radius 3 is 2.77 bits per heavy atom. The van der Waals surface area contributed by atoms with Gasteiger partial charge in [-0.3, -0.25) is 0 Å². The summed E-state index contributed by atoms with van der Waals surface area (Å²) in [5, 5.41) is 11.1. The highest BCUT2D eigenvalue weighted by Gasteiger charge is 2.39. The van der Waals surface area contributed by atoms with E-state index < -0.39 is 0 Å². The molecule has 2 aliphatic rings. The highest BCUT2D eigenvalue weighted by atomic mass is 16.5. The van der Waals surface area contributed by atoms with Crippen LogP contribution in [0.15, 0.2) is 30.5 Å². The van der Waals surface area contributed by atoms with Crippen molar-refractivity contribution in [1.82, 2.24) is 15.4 Å². The number of aromatic nitrogens is 3. The van der Waals surface area contributed by atoms with Gasteiger partial charge in [-0.2, -0.15) is 15.4 Å². The van der Waals surface area contributed by atoms with Gasteiger partial charge in [0.15, 0.2) is 0 Å². The summed E-state index contributed by atoms with van der Waals surface area (Å²) in [6.07, 6.45) is 26.3. The lowest BCUT2D eigenvalue weighted by Crippen LogP contribution is -2.41. The molecule has 2 aliphatic carbocycles. The zero-order valence-corrected chi connectivity index (χ0v) is 16.3. The number of hydrogen-bond donors (Lipinski definition) is 1. The summed E-state index contributed by atoms with van der Waals surface area (Å²) in [5.74, 6) is 0. The molecule has 0 aliphatic heterocycles. The molecular formula is C22H35N3O. The van der Waals surface area contributed by atoms with Crippen LogP contribution >= 0.6 is 0 Å². The first-order chi connectivity index (χ1) is 12.8. The van der Waals surface area contributed by atoms with Crippen LogP contribution < -0.4 is 0 Å². The lowest BCUT2D eigenvalue weighted by molar-refractivity contribution is -0.0840. The molecule has 4 heteroatoms. The number of aromatic amines is 1. The van der Waals surface area contributed by atoms with Crippen molar-refractivity contribution in [3.8, 4) is 0 Å². The average Bonchev–Trinajstić information content (AvgIpc) is 3.18. The highest BCUT2D eigenvalue weighted by Crippen LogP contribution is 2.41. The summed E-state index contributed by atoms with van der Waals surface area (Å²) >= 11 is 0. The van der Waals surface area contributed by atoms with E-state index in [0.717, 1.165) is 25.0 Å². The molecule has 0 amide bonds. The van der Waals surface area contributed by atoms with Gasteiger partial charge in [-0.25, -0.2) is 0 Å². The van der Waals surface area contributed by atoms with Crippen molar-refractivity contribution in [2.24, 2.45) is 5.41 Å². The minimum absolute atomic E-state index is 0.00921. The van der Waals surface area contributed by atoms with Crippen molar-refractivity contribution in [3.63, 3.8) is 0 Å². The maximum absolute atomic E-state index is 6.82. The molecule has 1 heterocycles. The fourth-order valence-electron chi connectivity index (χ4n) is 4.49. The molecule has 2 atom stereocenters. The van der Waals surface area contributed by atoms with Crippen LogP contribution in [0.3, 0.4) is 0 Å². The zero-order chi connectivity index (χ0) is 18.1. The summed E-state index contributed by atoms with van der Waals surface area (Å²) in [6, 6.07) is 0. The fraction of sp³-hybridized carbons (Fsp3) is 0.727. The van der Waals surface area contributed by atoms with Crippen LogP contribution in [0.5, 0.6) is 0 Å². The van der Waals surface area contributed by atoms with E-state index in [0.29, 0.717) is 6.10 Å². The molecular weight excluding hydrogens is 322 g/mol. The molecule has 2 unspecified atom stereocenters. The van der Waals surface area contributed by atoms with E-state index in [-0.39, 0.29) is 11.5 Å². The van der Waals surface area contributed by atoms with Gasteiger partial charge >= 0.3 is 0 Å². The van der Waals surface area contributed by atoms with Crippen LogP contribution in [0.2, 0.25) is 0 Å². The topological polar surface area (TPSA) is 50.8 Å². The third-order valence-corrected chi connectivity index (χ3v) is 6.02. The van der Waals surface area contributed by atoms with Gasteiger partial charge in [0.25, 0.3) is 0 Å². The van der Waals surface area contributed by atoms with Crippen LogP contribution in [-0.2, 0) is 11.2 Å². The molecule has 4 nitrogen and oxygen atoms in total. The van der Waals surface area contributed by atoms with Gasteiger partial charge in [0, 0.05) is 11.8 Å². The van der Waals surface area contributed by atoms with Crippen LogP contribution in [0.1, 0.15) is 83.2 Å². The largest absolute Gasteiger partial charge is 0.374 e. The normalized spacial score (nSPS) is 24.8. The number of H-pyrrole nitrogens is 1. The molecule has 1 saturated carbocycles. The van der Waals surface area contributed by atoms with Gasteiger partial charge in [0.05, 0.1) is 24.1 Å². The third-order valence-electron chi connectivity index (χ3n) is 6.02. The first-order valence-corrected chi connectivity index (χ1v) is 10.7. The number of hydrogen-bond acceptors (Lipinski definition) is 3. The molecule has 0 spiro atoms. The van der Waals surface area contributed by atoms with E-state index in [2.05, 4.69) is 46.6 Å². The number of unbranched alkanes of at least 4 members (excludes halogenated alkanes) is 3. The van der Waals surface area contributed by atoms with E-state index in [4.69, 9.17) is 4.74 Å².